The number of nitrogens with one attached hydrogen (secondary N) is 1. The molecule has 0 aromatic carbocycles. The summed E-state index contributed by atoms with van der Waals surface area (Å²) < 4.78 is 0. The van der Waals surface area contributed by atoms with Gasteiger partial charge in [-0.25, -0.2) is 0 Å². The lowest BCUT2D eigenvalue weighted by Gasteiger charge is -2.32. The number of carbonyl (C=O) groups excluding carboxylic acids is 1. The second-order valence-corrected chi connectivity index (χ2v) is 4.65. The smallest absolute Gasteiger partial charge is 0.240 e. The Bertz CT molecular complexity index is 284. The normalized spacial score (nSPS) is 25.7. The monoisotopic (exact) mass is 192 g/mol. The van der Waals surface area contributed by atoms with Gasteiger partial charge in [-0.1, -0.05) is 6.42 Å². The van der Waals surface area contributed by atoms with Gasteiger partial charge in [-0.2, -0.15) is 5.26 Å². The number of hydrogen-bond acceptors (Lipinski definition) is 2. The first-order valence-electron chi connectivity index (χ1n) is 5.40. The molecule has 0 aromatic rings. The molecule has 0 saturated heterocycles. The maximum absolute atomic E-state index is 11.7. The Morgan fingerprint density at radius 1 is 1.57 bits per heavy atom. The molecule has 2 aliphatic carbocycles. The van der Waals surface area contributed by atoms with Gasteiger partial charge in [0.25, 0.3) is 0 Å². The number of amides is 1. The van der Waals surface area contributed by atoms with E-state index in [4.69, 9.17) is 5.26 Å². The highest BCUT2D eigenvalue weighted by molar-refractivity contribution is 5.88. The van der Waals surface area contributed by atoms with Gasteiger partial charge in [0.15, 0.2) is 0 Å². The third-order valence-electron chi connectivity index (χ3n) is 3.61. The Labute approximate surface area is 84.5 Å². The molecule has 0 heterocycles. The van der Waals surface area contributed by atoms with Crippen molar-refractivity contribution in [3.05, 3.63) is 0 Å². The van der Waals surface area contributed by atoms with Crippen LogP contribution in [-0.2, 0) is 4.79 Å². The first kappa shape index (κ1) is 9.51. The number of carbonyl (C=O) groups is 1. The van der Waals surface area contributed by atoms with Crippen LogP contribution in [0.15, 0.2) is 0 Å². The second kappa shape index (κ2) is 3.27. The van der Waals surface area contributed by atoms with Crippen LogP contribution >= 0.6 is 0 Å². The van der Waals surface area contributed by atoms with Crippen molar-refractivity contribution in [2.45, 2.75) is 45.1 Å². The summed E-state index contributed by atoms with van der Waals surface area (Å²) >= 11 is 0. The highest BCUT2D eigenvalue weighted by atomic mass is 16.2. The number of nitriles is 1. The van der Waals surface area contributed by atoms with E-state index in [0.717, 1.165) is 12.8 Å². The minimum Gasteiger partial charge on any atom is -0.352 e. The minimum atomic E-state index is -0.655. The first-order valence-corrected chi connectivity index (χ1v) is 5.40. The van der Waals surface area contributed by atoms with Crippen molar-refractivity contribution in [1.82, 2.24) is 5.32 Å². The van der Waals surface area contributed by atoms with Gasteiger partial charge in [-0.3, -0.25) is 4.79 Å². The Hall–Kier alpha value is -1.04. The van der Waals surface area contributed by atoms with Crippen LogP contribution in [0.5, 0.6) is 0 Å². The van der Waals surface area contributed by atoms with Gasteiger partial charge in [0.2, 0.25) is 5.91 Å². The number of hydrogen-bond donors (Lipinski definition) is 1. The zero-order chi connectivity index (χ0) is 10.2. The molecule has 0 aliphatic heterocycles. The fraction of sp³-hybridized carbons (Fsp3) is 0.818. The Morgan fingerprint density at radius 2 is 2.21 bits per heavy atom. The molecule has 0 bridgehead atoms. The number of rotatable bonds is 3. The summed E-state index contributed by atoms with van der Waals surface area (Å²) in [6.07, 6.45) is 5.22. The van der Waals surface area contributed by atoms with E-state index in [2.05, 4.69) is 18.3 Å². The summed E-state index contributed by atoms with van der Waals surface area (Å²) in [4.78, 5) is 11.7. The molecule has 2 fully saturated rings. The SMILES string of the molecule is CC(NC(=O)C1(C#N)CC1)C1CCC1. The van der Waals surface area contributed by atoms with Gasteiger partial charge in [-0.15, -0.1) is 0 Å². The van der Waals surface area contributed by atoms with Crippen molar-refractivity contribution >= 4 is 5.91 Å². The quantitative estimate of drug-likeness (QED) is 0.738. The number of nitrogens with zero attached hydrogens (tertiary/aromatic N) is 1. The average Bonchev–Trinajstić information content (AvgIpc) is 2.80. The van der Waals surface area contributed by atoms with Gasteiger partial charge in [0.1, 0.15) is 5.41 Å². The van der Waals surface area contributed by atoms with Gasteiger partial charge in [-0.05, 0) is 38.5 Å². The molecule has 2 saturated carbocycles. The Balaban J connectivity index is 1.85. The fourth-order valence-corrected chi connectivity index (χ4v) is 1.92. The van der Waals surface area contributed by atoms with Gasteiger partial charge >= 0.3 is 0 Å². The van der Waals surface area contributed by atoms with Crippen LogP contribution in [0.2, 0.25) is 0 Å². The van der Waals surface area contributed by atoms with Gasteiger partial charge < -0.3 is 5.32 Å². The molecule has 3 heteroatoms. The van der Waals surface area contributed by atoms with Crippen molar-refractivity contribution in [1.29, 1.82) is 5.26 Å². The molecule has 3 nitrogen and oxygen atoms in total. The molecule has 2 rings (SSSR count). The van der Waals surface area contributed by atoms with Crippen LogP contribution in [-0.4, -0.2) is 11.9 Å². The lowest BCUT2D eigenvalue weighted by molar-refractivity contribution is -0.125. The van der Waals surface area contributed by atoms with E-state index in [9.17, 15) is 4.79 Å². The maximum Gasteiger partial charge on any atom is 0.240 e. The molecule has 1 atom stereocenters. The second-order valence-electron chi connectivity index (χ2n) is 4.65. The minimum absolute atomic E-state index is 0.0422. The Kier molecular flexibility index (Phi) is 2.22. The van der Waals surface area contributed by atoms with Gasteiger partial charge in [0.05, 0.1) is 6.07 Å². The summed E-state index contributed by atoms with van der Waals surface area (Å²) in [5.41, 5.74) is -0.655. The predicted molar refractivity (Wildman–Crippen MR) is 52.2 cm³/mol. The Morgan fingerprint density at radius 3 is 2.57 bits per heavy atom. The lowest BCUT2D eigenvalue weighted by atomic mass is 9.80. The van der Waals surface area contributed by atoms with E-state index in [-0.39, 0.29) is 11.9 Å². The molecule has 1 unspecified atom stereocenters. The van der Waals surface area contributed by atoms with Crippen LogP contribution in [0.25, 0.3) is 0 Å². The van der Waals surface area contributed by atoms with E-state index >= 15 is 0 Å². The van der Waals surface area contributed by atoms with Crippen LogP contribution in [0, 0.1) is 22.7 Å². The van der Waals surface area contributed by atoms with E-state index < -0.39 is 5.41 Å². The molecular formula is C11H16N2O. The van der Waals surface area contributed by atoms with Crippen LogP contribution in [0.4, 0.5) is 0 Å². The molecule has 76 valence electrons. The van der Waals surface area contributed by atoms with E-state index in [1.54, 1.807) is 0 Å². The van der Waals surface area contributed by atoms with E-state index in [1.165, 1.54) is 19.3 Å². The molecule has 14 heavy (non-hydrogen) atoms. The van der Waals surface area contributed by atoms with Crippen LogP contribution in [0.3, 0.4) is 0 Å². The zero-order valence-corrected chi connectivity index (χ0v) is 8.55. The molecular weight excluding hydrogens is 176 g/mol. The van der Waals surface area contributed by atoms with Crippen molar-refractivity contribution in [2.24, 2.45) is 11.3 Å². The summed E-state index contributed by atoms with van der Waals surface area (Å²) in [6, 6.07) is 2.37. The topological polar surface area (TPSA) is 52.9 Å². The molecule has 0 radical (unpaired) electrons. The largest absolute Gasteiger partial charge is 0.352 e. The summed E-state index contributed by atoms with van der Waals surface area (Å²) in [6.45, 7) is 2.05. The van der Waals surface area contributed by atoms with Gasteiger partial charge in [0, 0.05) is 6.04 Å². The molecule has 1 amide bonds. The summed E-state index contributed by atoms with van der Waals surface area (Å²) in [5, 5.41) is 11.8. The van der Waals surface area contributed by atoms with Crippen LogP contribution < -0.4 is 5.32 Å². The third kappa shape index (κ3) is 1.50. The molecule has 0 spiro atoms. The highest BCUT2D eigenvalue weighted by Gasteiger charge is 2.51. The highest BCUT2D eigenvalue weighted by Crippen LogP contribution is 2.45. The van der Waals surface area contributed by atoms with Crippen molar-refractivity contribution in [3.8, 4) is 6.07 Å². The molecule has 1 N–H and O–H groups in total. The fourth-order valence-electron chi connectivity index (χ4n) is 1.92. The summed E-state index contributed by atoms with van der Waals surface area (Å²) in [5.74, 6) is 0.604. The van der Waals surface area contributed by atoms with E-state index in [0.29, 0.717) is 5.92 Å². The van der Waals surface area contributed by atoms with Crippen molar-refractivity contribution < 1.29 is 4.79 Å². The lowest BCUT2D eigenvalue weighted by Crippen LogP contribution is -2.43. The summed E-state index contributed by atoms with van der Waals surface area (Å²) in [7, 11) is 0. The zero-order valence-electron chi connectivity index (χ0n) is 8.55. The molecule has 0 aromatic heterocycles. The first-order chi connectivity index (χ1) is 6.68. The average molecular weight is 192 g/mol. The van der Waals surface area contributed by atoms with Crippen LogP contribution in [0.1, 0.15) is 39.0 Å². The van der Waals surface area contributed by atoms with E-state index in [1.807, 2.05) is 0 Å². The predicted octanol–water partition coefficient (Wildman–Crippen LogP) is 1.59. The molecule has 2 aliphatic rings. The third-order valence-corrected chi connectivity index (χ3v) is 3.61. The van der Waals surface area contributed by atoms with Crippen molar-refractivity contribution in [3.63, 3.8) is 0 Å². The maximum atomic E-state index is 11.7. The van der Waals surface area contributed by atoms with Crippen molar-refractivity contribution in [2.75, 3.05) is 0 Å². The standard InChI is InChI=1S/C11H16N2O/c1-8(9-3-2-4-9)13-10(14)11(7-12)5-6-11/h8-9H,2-6H2,1H3,(H,13,14).